The summed E-state index contributed by atoms with van der Waals surface area (Å²) in [7, 11) is 0. The zero-order chi connectivity index (χ0) is 34.2. The first kappa shape index (κ1) is 28.8. The molecule has 8 aromatic carbocycles. The van der Waals surface area contributed by atoms with Crippen molar-refractivity contribution in [3.63, 3.8) is 0 Å². The second kappa shape index (κ2) is 11.2. The van der Waals surface area contributed by atoms with Crippen LogP contribution in [0.4, 0.5) is 11.4 Å². The zero-order valence-electron chi connectivity index (χ0n) is 28.1. The van der Waals surface area contributed by atoms with E-state index in [2.05, 4.69) is 196 Å². The Hall–Kier alpha value is -7.04. The third-order valence-corrected chi connectivity index (χ3v) is 10.5. The number of furan rings is 1. The molecule has 0 aliphatic heterocycles. The smallest absolute Gasteiger partial charge is 0.158 e. The van der Waals surface area contributed by atoms with E-state index in [-0.39, 0.29) is 0 Å². The second-order valence-corrected chi connectivity index (χ2v) is 13.4. The van der Waals surface area contributed by atoms with Gasteiger partial charge in [0.05, 0.1) is 33.1 Å². The highest BCUT2D eigenvalue weighted by molar-refractivity contribution is 6.24. The van der Waals surface area contributed by atoms with Crippen LogP contribution in [0.3, 0.4) is 0 Å². The number of para-hydroxylation sites is 5. The molecule has 52 heavy (non-hydrogen) atoms. The van der Waals surface area contributed by atoms with Crippen molar-refractivity contribution in [1.82, 2.24) is 9.13 Å². The summed E-state index contributed by atoms with van der Waals surface area (Å²) < 4.78 is 11.5. The molecule has 0 radical (unpaired) electrons. The Morgan fingerprint density at radius 3 is 1.67 bits per heavy atom. The number of aromatic nitrogens is 2. The second-order valence-electron chi connectivity index (χ2n) is 13.4. The van der Waals surface area contributed by atoms with E-state index in [4.69, 9.17) is 4.42 Å². The number of hydrogen-bond donors (Lipinski definition) is 1. The van der Waals surface area contributed by atoms with E-state index in [0.717, 1.165) is 55.4 Å². The molecule has 0 aliphatic rings. The summed E-state index contributed by atoms with van der Waals surface area (Å²) in [6, 6.07) is 64.7. The summed E-state index contributed by atoms with van der Waals surface area (Å²) in [6.45, 7) is 0. The summed E-state index contributed by atoms with van der Waals surface area (Å²) >= 11 is 0. The van der Waals surface area contributed by atoms with Gasteiger partial charge in [0.15, 0.2) is 5.58 Å². The lowest BCUT2D eigenvalue weighted by molar-refractivity contribution is 0.674. The Balaban J connectivity index is 0.981. The van der Waals surface area contributed by atoms with Crippen molar-refractivity contribution in [3.05, 3.63) is 182 Å². The molecule has 11 aromatic rings. The molecule has 0 bridgehead atoms. The van der Waals surface area contributed by atoms with Gasteiger partial charge in [-0.05, 0) is 90.0 Å². The van der Waals surface area contributed by atoms with Gasteiger partial charge in [0.25, 0.3) is 0 Å². The van der Waals surface area contributed by atoms with E-state index in [9.17, 15) is 0 Å². The number of nitrogens with zero attached hydrogens (tertiary/aromatic N) is 2. The summed E-state index contributed by atoms with van der Waals surface area (Å²) in [6.07, 6.45) is 0. The Morgan fingerprint density at radius 2 is 0.923 bits per heavy atom. The minimum absolute atomic E-state index is 0.853. The molecular formula is C48H31N3O. The van der Waals surface area contributed by atoms with Crippen molar-refractivity contribution in [2.45, 2.75) is 0 Å². The number of rotatable bonds is 5. The number of nitrogens with one attached hydrogen (secondary N) is 1. The molecule has 3 heterocycles. The average Bonchev–Trinajstić information content (AvgIpc) is 3.87. The summed E-state index contributed by atoms with van der Waals surface area (Å²) in [5.41, 5.74) is 13.1. The lowest BCUT2D eigenvalue weighted by atomic mass is 10.0. The maximum absolute atomic E-state index is 6.85. The molecule has 4 nitrogen and oxygen atoms in total. The van der Waals surface area contributed by atoms with E-state index < -0.39 is 0 Å². The molecule has 11 rings (SSSR count). The molecule has 0 amide bonds. The van der Waals surface area contributed by atoms with Crippen molar-refractivity contribution in [1.29, 1.82) is 0 Å². The minimum atomic E-state index is 0.853. The molecule has 4 heteroatoms. The van der Waals surface area contributed by atoms with Crippen molar-refractivity contribution in [3.8, 4) is 22.5 Å². The van der Waals surface area contributed by atoms with Gasteiger partial charge in [-0.25, -0.2) is 0 Å². The maximum Gasteiger partial charge on any atom is 0.158 e. The molecular weight excluding hydrogens is 635 g/mol. The van der Waals surface area contributed by atoms with Crippen LogP contribution in [0.5, 0.6) is 0 Å². The van der Waals surface area contributed by atoms with E-state index in [1.54, 1.807) is 0 Å². The third-order valence-electron chi connectivity index (χ3n) is 10.5. The fraction of sp³-hybridized carbons (Fsp3) is 0. The number of anilines is 2. The first-order valence-electron chi connectivity index (χ1n) is 17.7. The van der Waals surface area contributed by atoms with Crippen LogP contribution >= 0.6 is 0 Å². The molecule has 0 unspecified atom stereocenters. The fourth-order valence-corrected chi connectivity index (χ4v) is 8.17. The Bertz CT molecular complexity index is 3130. The van der Waals surface area contributed by atoms with Crippen LogP contribution in [0.1, 0.15) is 0 Å². The van der Waals surface area contributed by atoms with Crippen LogP contribution in [-0.4, -0.2) is 9.13 Å². The third kappa shape index (κ3) is 4.28. The zero-order valence-corrected chi connectivity index (χ0v) is 28.1. The van der Waals surface area contributed by atoms with Crippen molar-refractivity contribution in [2.75, 3.05) is 5.32 Å². The van der Waals surface area contributed by atoms with Crippen LogP contribution in [0, 0.1) is 0 Å². The maximum atomic E-state index is 6.85. The lowest BCUT2D eigenvalue weighted by Crippen LogP contribution is -1.93. The topological polar surface area (TPSA) is 35.0 Å². The number of fused-ring (bicyclic) bond motifs is 10. The van der Waals surface area contributed by atoms with Gasteiger partial charge >= 0.3 is 0 Å². The van der Waals surface area contributed by atoms with E-state index in [0.29, 0.717) is 0 Å². The van der Waals surface area contributed by atoms with Gasteiger partial charge in [0.1, 0.15) is 5.58 Å². The lowest BCUT2D eigenvalue weighted by Gasteiger charge is -2.09. The van der Waals surface area contributed by atoms with Gasteiger partial charge in [-0.1, -0.05) is 103 Å². The Labute approximate surface area is 299 Å². The summed E-state index contributed by atoms with van der Waals surface area (Å²) in [4.78, 5) is 0. The quantitative estimate of drug-likeness (QED) is 0.199. The summed E-state index contributed by atoms with van der Waals surface area (Å²) in [5, 5.41) is 10.7. The van der Waals surface area contributed by atoms with Gasteiger partial charge in [-0.2, -0.15) is 0 Å². The molecule has 0 aliphatic carbocycles. The minimum Gasteiger partial charge on any atom is -0.453 e. The van der Waals surface area contributed by atoms with Crippen LogP contribution in [0.15, 0.2) is 186 Å². The van der Waals surface area contributed by atoms with Crippen LogP contribution in [0.2, 0.25) is 0 Å². The van der Waals surface area contributed by atoms with Gasteiger partial charge in [0.2, 0.25) is 0 Å². The molecule has 0 atom stereocenters. The normalized spacial score (nSPS) is 11.8. The average molecular weight is 666 g/mol. The van der Waals surface area contributed by atoms with Crippen LogP contribution < -0.4 is 5.32 Å². The Kier molecular flexibility index (Phi) is 6.22. The van der Waals surface area contributed by atoms with Crippen molar-refractivity contribution < 1.29 is 4.42 Å². The molecule has 0 spiro atoms. The fourth-order valence-electron chi connectivity index (χ4n) is 8.17. The highest BCUT2D eigenvalue weighted by atomic mass is 16.3. The number of benzene rings is 8. The van der Waals surface area contributed by atoms with E-state index >= 15 is 0 Å². The van der Waals surface area contributed by atoms with Crippen molar-refractivity contribution in [2.24, 2.45) is 0 Å². The van der Waals surface area contributed by atoms with E-state index in [1.807, 2.05) is 0 Å². The first-order valence-corrected chi connectivity index (χ1v) is 17.7. The largest absolute Gasteiger partial charge is 0.453 e. The molecule has 0 saturated heterocycles. The summed E-state index contributed by atoms with van der Waals surface area (Å²) in [5.74, 6) is 0. The molecule has 3 aromatic heterocycles. The van der Waals surface area contributed by atoms with Gasteiger partial charge < -0.3 is 18.9 Å². The molecule has 0 fully saturated rings. The standard InChI is InChI=1S/C48H31N3O/c1-3-12-34(13-4-1)50-42-20-9-7-16-36(42)40-30-32(24-28-44(40)50)31-22-25-33(26-23-31)49-41-19-11-18-37-38-27-29-45-46(48(38)52-47(37)41)39-17-8-10-21-43(39)51(45)35-14-5-2-6-15-35/h1-30,49H. The monoisotopic (exact) mass is 665 g/mol. The highest BCUT2D eigenvalue weighted by Crippen LogP contribution is 2.43. The van der Waals surface area contributed by atoms with Gasteiger partial charge in [-0.15, -0.1) is 0 Å². The van der Waals surface area contributed by atoms with Gasteiger partial charge in [-0.3, -0.25) is 0 Å². The predicted octanol–water partition coefficient (Wildman–Crippen LogP) is 13.2. The van der Waals surface area contributed by atoms with Gasteiger partial charge in [0, 0.05) is 44.0 Å². The van der Waals surface area contributed by atoms with Crippen LogP contribution in [0.25, 0.3) is 88.1 Å². The molecule has 244 valence electrons. The SMILES string of the molecule is c1ccc(-n2c3ccccc3c3cc(-c4ccc(Nc5cccc6c5oc5c6ccc6c5c5ccccc5n6-c5ccccc5)cc4)ccc32)cc1. The van der Waals surface area contributed by atoms with Crippen LogP contribution in [-0.2, 0) is 0 Å². The highest BCUT2D eigenvalue weighted by Gasteiger charge is 2.20. The number of hydrogen-bond acceptors (Lipinski definition) is 2. The van der Waals surface area contributed by atoms with E-state index in [1.165, 1.54) is 44.0 Å². The molecule has 0 saturated carbocycles. The van der Waals surface area contributed by atoms with Crippen molar-refractivity contribution >= 4 is 76.9 Å². The predicted molar refractivity (Wildman–Crippen MR) is 218 cm³/mol. The first-order chi connectivity index (χ1) is 25.8. The molecule has 1 N–H and O–H groups in total. The Morgan fingerprint density at radius 1 is 0.365 bits per heavy atom.